The molecule has 2 aliphatic carbocycles. The maximum Gasteiger partial charge on any atom is 0.325 e. The highest BCUT2D eigenvalue weighted by Crippen LogP contribution is 2.65. The van der Waals surface area contributed by atoms with Gasteiger partial charge in [-0.25, -0.2) is 0 Å². The first-order valence-electron chi connectivity index (χ1n) is 13.4. The Morgan fingerprint density at radius 1 is 1.20 bits per heavy atom. The molecule has 1 aromatic rings. The van der Waals surface area contributed by atoms with E-state index < -0.39 is 53.1 Å². The first-order chi connectivity index (χ1) is 18.9. The molecule has 4 aliphatic rings. The van der Waals surface area contributed by atoms with Crippen LogP contribution in [0.4, 0.5) is 0 Å². The van der Waals surface area contributed by atoms with Crippen LogP contribution in [0.25, 0.3) is 0 Å². The van der Waals surface area contributed by atoms with Gasteiger partial charge in [0.05, 0.1) is 31.0 Å². The number of likely N-dealkylation sites (N-methyl/N-ethyl adjacent to an activating group) is 1. The second-order valence-corrected chi connectivity index (χ2v) is 11.0. The third-order valence-corrected chi connectivity index (χ3v) is 8.73. The Hall–Kier alpha value is -3.64. The molecule has 0 unspecified atom stereocenters. The third-order valence-electron chi connectivity index (χ3n) is 8.73. The number of carbonyl (C=O) groups excluding carboxylic acids is 3. The van der Waals surface area contributed by atoms with Crippen LogP contribution in [0.15, 0.2) is 24.0 Å². The van der Waals surface area contributed by atoms with Crippen molar-refractivity contribution in [3.8, 4) is 11.5 Å². The minimum absolute atomic E-state index is 0.139. The number of ether oxygens (including phenoxy) is 4. The van der Waals surface area contributed by atoms with Gasteiger partial charge in [0.15, 0.2) is 23.7 Å². The Morgan fingerprint density at radius 2 is 1.93 bits per heavy atom. The van der Waals surface area contributed by atoms with Crippen LogP contribution in [0.3, 0.4) is 0 Å². The van der Waals surface area contributed by atoms with Crippen molar-refractivity contribution in [1.29, 1.82) is 0 Å². The van der Waals surface area contributed by atoms with E-state index in [1.807, 2.05) is 19.2 Å². The molecule has 2 heterocycles. The summed E-state index contributed by atoms with van der Waals surface area (Å²) in [6.07, 6.45) is 0.583. The fourth-order valence-corrected chi connectivity index (χ4v) is 6.68. The molecule has 1 spiro atoms. The van der Waals surface area contributed by atoms with Gasteiger partial charge in [-0.3, -0.25) is 19.2 Å². The van der Waals surface area contributed by atoms with E-state index in [1.165, 1.54) is 13.8 Å². The summed E-state index contributed by atoms with van der Waals surface area (Å²) >= 11 is 0. The van der Waals surface area contributed by atoms with Crippen LogP contribution in [0.2, 0.25) is 0 Å². The molecule has 216 valence electrons. The molecule has 0 saturated carbocycles. The lowest BCUT2D eigenvalue weighted by Crippen LogP contribution is -2.74. The minimum Gasteiger partial charge on any atom is -0.493 e. The number of carboxylic acids is 1. The van der Waals surface area contributed by atoms with Crippen LogP contribution in [0.5, 0.6) is 11.5 Å². The number of amides is 1. The molecular formula is C28H34N2O10. The van der Waals surface area contributed by atoms with Gasteiger partial charge in [-0.05, 0) is 58.0 Å². The van der Waals surface area contributed by atoms with Crippen LogP contribution in [-0.4, -0.2) is 89.5 Å². The topological polar surface area (TPSA) is 161 Å². The molecule has 6 atom stereocenters. The number of nitrogens with zero attached hydrogens (tertiary/aromatic N) is 1. The summed E-state index contributed by atoms with van der Waals surface area (Å²) in [5, 5.41) is 23.3. The number of piperidine rings is 1. The third kappa shape index (κ3) is 4.21. The Kier molecular flexibility index (Phi) is 7.03. The van der Waals surface area contributed by atoms with Crippen molar-refractivity contribution in [3.63, 3.8) is 0 Å². The number of likely N-dealkylation sites (tertiary alicyclic amines) is 1. The van der Waals surface area contributed by atoms with Gasteiger partial charge < -0.3 is 39.4 Å². The predicted octanol–water partition coefficient (Wildman–Crippen LogP) is 0.817. The van der Waals surface area contributed by atoms with E-state index in [-0.39, 0.29) is 31.1 Å². The molecule has 5 rings (SSSR count). The van der Waals surface area contributed by atoms with Crippen LogP contribution >= 0.6 is 0 Å². The number of rotatable bonds is 9. The number of hydrogen-bond acceptors (Lipinski definition) is 10. The van der Waals surface area contributed by atoms with Gasteiger partial charge in [-0.1, -0.05) is 6.07 Å². The number of aliphatic hydroxyl groups is 1. The molecule has 0 aromatic heterocycles. The maximum atomic E-state index is 12.8. The summed E-state index contributed by atoms with van der Waals surface area (Å²) < 4.78 is 22.8. The fraction of sp³-hybridized carbons (Fsp3) is 0.571. The Morgan fingerprint density at radius 3 is 2.62 bits per heavy atom. The van der Waals surface area contributed by atoms with E-state index in [0.29, 0.717) is 24.3 Å². The number of methoxy groups -OCH3 is 1. The molecule has 1 fully saturated rings. The minimum atomic E-state index is -1.23. The highest BCUT2D eigenvalue weighted by Gasteiger charge is 2.72. The van der Waals surface area contributed by atoms with E-state index in [2.05, 4.69) is 10.2 Å². The predicted molar refractivity (Wildman–Crippen MR) is 138 cm³/mol. The van der Waals surface area contributed by atoms with Crippen molar-refractivity contribution in [1.82, 2.24) is 10.2 Å². The lowest BCUT2D eigenvalue weighted by atomic mass is 9.50. The molecule has 1 amide bonds. The average molecular weight is 559 g/mol. The van der Waals surface area contributed by atoms with E-state index in [4.69, 9.17) is 24.1 Å². The van der Waals surface area contributed by atoms with Crippen LogP contribution in [-0.2, 0) is 40.5 Å². The summed E-state index contributed by atoms with van der Waals surface area (Å²) in [7, 11) is 3.56. The SMILES string of the molecule is COc1ccc2c3c1O[C@@H]1C(OC(=O)CCC(=O)O[C@@H](C)C(=O)N[C@@H](C)C(=O)O)=CC[C@]4(O)[C@H](C2)N(C)CC[C@@]314. The number of nitrogens with one attached hydrogen (secondary N) is 1. The van der Waals surface area contributed by atoms with Gasteiger partial charge in [0, 0.05) is 18.0 Å². The molecule has 3 N–H and O–H groups in total. The van der Waals surface area contributed by atoms with Gasteiger partial charge >= 0.3 is 17.9 Å². The smallest absolute Gasteiger partial charge is 0.325 e. The average Bonchev–Trinajstić information content (AvgIpc) is 3.26. The van der Waals surface area contributed by atoms with Crippen molar-refractivity contribution >= 4 is 23.8 Å². The lowest BCUT2D eigenvalue weighted by Gasteiger charge is -2.61. The van der Waals surface area contributed by atoms with Gasteiger partial charge in [-0.2, -0.15) is 0 Å². The van der Waals surface area contributed by atoms with Gasteiger partial charge in [-0.15, -0.1) is 0 Å². The first kappa shape index (κ1) is 27.9. The van der Waals surface area contributed by atoms with Crippen LogP contribution in [0, 0.1) is 0 Å². The quantitative estimate of drug-likeness (QED) is 0.368. The second kappa shape index (κ2) is 10.1. The summed E-state index contributed by atoms with van der Waals surface area (Å²) in [6, 6.07) is 2.58. The monoisotopic (exact) mass is 558 g/mol. The van der Waals surface area contributed by atoms with Crippen molar-refractivity contribution in [2.24, 2.45) is 0 Å². The van der Waals surface area contributed by atoms with E-state index in [0.717, 1.165) is 17.7 Å². The molecule has 12 heteroatoms. The van der Waals surface area contributed by atoms with E-state index in [9.17, 15) is 24.3 Å². The van der Waals surface area contributed by atoms with Crippen LogP contribution < -0.4 is 14.8 Å². The Labute approximate surface area is 231 Å². The highest BCUT2D eigenvalue weighted by molar-refractivity contribution is 5.88. The van der Waals surface area contributed by atoms with E-state index in [1.54, 1.807) is 13.2 Å². The van der Waals surface area contributed by atoms with Gasteiger partial charge in [0.25, 0.3) is 5.91 Å². The molecule has 0 radical (unpaired) electrons. The Bertz CT molecular complexity index is 1290. The standard InChI is InChI=1S/C28H34N2O10/c1-14(26(34)35)29-25(33)15(2)38-20(31)7-8-21(32)39-18-9-10-28(36)19-13-16-5-6-17(37-4)23-22(16)27(28,24(18)40-23)11-12-30(19)3/h5-6,9,14-15,19,24,36H,7-8,10-13H2,1-4H3,(H,29,33)(H,34,35)/t14-,15-,19-,24+,27+,28-/m0/s1. The van der Waals surface area contributed by atoms with Crippen LogP contribution in [0.1, 0.15) is 50.7 Å². The summed E-state index contributed by atoms with van der Waals surface area (Å²) in [6.45, 7) is 3.32. The second-order valence-electron chi connectivity index (χ2n) is 11.0. The van der Waals surface area contributed by atoms with Gasteiger partial charge in [0.2, 0.25) is 0 Å². The molecular weight excluding hydrogens is 524 g/mol. The summed E-state index contributed by atoms with van der Waals surface area (Å²) in [5.41, 5.74) is 0.0362. The first-order valence-corrected chi connectivity index (χ1v) is 13.4. The zero-order valence-corrected chi connectivity index (χ0v) is 22.9. The van der Waals surface area contributed by atoms with Crippen molar-refractivity contribution in [2.45, 2.75) is 81.3 Å². The van der Waals surface area contributed by atoms with E-state index >= 15 is 0 Å². The molecule has 1 saturated heterocycles. The number of benzene rings is 1. The number of aliphatic carboxylic acids is 1. The summed E-state index contributed by atoms with van der Waals surface area (Å²) in [4.78, 5) is 50.2. The normalized spacial score (nSPS) is 29.2. The van der Waals surface area contributed by atoms with Crippen molar-refractivity contribution in [2.75, 3.05) is 20.7 Å². The number of carbonyl (C=O) groups is 4. The highest BCUT2D eigenvalue weighted by atomic mass is 16.6. The number of carboxylic acid groups (broad SMARTS) is 1. The number of esters is 2. The zero-order chi connectivity index (χ0) is 29.0. The molecule has 40 heavy (non-hydrogen) atoms. The largest absolute Gasteiger partial charge is 0.493 e. The van der Waals surface area contributed by atoms with Gasteiger partial charge in [0.1, 0.15) is 11.8 Å². The molecule has 1 aromatic carbocycles. The summed E-state index contributed by atoms with van der Waals surface area (Å²) in [5.74, 6) is -2.09. The molecule has 2 bridgehead atoms. The zero-order valence-electron chi connectivity index (χ0n) is 22.9. The lowest BCUT2D eigenvalue weighted by molar-refractivity contribution is -0.169. The fourth-order valence-electron chi connectivity index (χ4n) is 6.68. The Balaban J connectivity index is 1.29. The van der Waals surface area contributed by atoms with Crippen molar-refractivity contribution in [3.05, 3.63) is 35.1 Å². The maximum absolute atomic E-state index is 12.8. The molecule has 12 nitrogen and oxygen atoms in total. The van der Waals surface area contributed by atoms with Crippen molar-refractivity contribution < 1.29 is 48.3 Å². The number of hydrogen-bond donors (Lipinski definition) is 3. The molecule has 2 aliphatic heterocycles.